The first-order valence-electron chi connectivity index (χ1n) is 7.73. The Bertz CT molecular complexity index is 903. The Hall–Kier alpha value is -2.93. The maximum Gasteiger partial charge on any atom is 0.341 e. The van der Waals surface area contributed by atoms with E-state index in [2.05, 4.69) is 5.32 Å². The van der Waals surface area contributed by atoms with Crippen molar-refractivity contribution in [2.75, 3.05) is 16.8 Å². The lowest BCUT2D eigenvalue weighted by molar-refractivity contribution is -0.128. The molecule has 26 heavy (non-hydrogen) atoms. The van der Waals surface area contributed by atoms with E-state index in [9.17, 15) is 18.8 Å². The summed E-state index contributed by atoms with van der Waals surface area (Å²) in [6.07, 6.45) is -1.21. The van der Waals surface area contributed by atoms with Crippen LogP contribution in [0.4, 0.5) is 15.8 Å². The predicted molar refractivity (Wildman–Crippen MR) is 93.7 cm³/mol. The Morgan fingerprint density at radius 1 is 1.27 bits per heavy atom. The molecule has 8 heteroatoms. The van der Waals surface area contributed by atoms with E-state index in [1.54, 1.807) is 24.3 Å². The highest BCUT2D eigenvalue weighted by atomic mass is 35.5. The van der Waals surface area contributed by atoms with E-state index in [4.69, 9.17) is 16.3 Å². The minimum absolute atomic E-state index is 0.138. The minimum atomic E-state index is -1.21. The van der Waals surface area contributed by atoms with E-state index < -0.39 is 23.8 Å². The molecule has 0 bridgehead atoms. The number of carbonyl (C=O) groups excluding carboxylic acids is 3. The van der Waals surface area contributed by atoms with Crippen molar-refractivity contribution in [3.8, 4) is 0 Å². The van der Waals surface area contributed by atoms with Crippen molar-refractivity contribution in [3.05, 3.63) is 58.9 Å². The Balaban J connectivity index is 1.78. The van der Waals surface area contributed by atoms with Crippen LogP contribution in [-0.2, 0) is 14.3 Å². The van der Waals surface area contributed by atoms with Gasteiger partial charge in [0.1, 0.15) is 12.4 Å². The van der Waals surface area contributed by atoms with Gasteiger partial charge in [-0.05, 0) is 37.3 Å². The quantitative estimate of drug-likeness (QED) is 0.835. The lowest BCUT2D eigenvalue weighted by Gasteiger charge is -2.30. The van der Waals surface area contributed by atoms with Crippen LogP contribution in [0.1, 0.15) is 17.3 Å². The van der Waals surface area contributed by atoms with Gasteiger partial charge < -0.3 is 10.1 Å². The van der Waals surface area contributed by atoms with Crippen molar-refractivity contribution >= 4 is 40.8 Å². The number of anilines is 2. The molecular weight excluding hydrogens is 363 g/mol. The third kappa shape index (κ3) is 3.52. The van der Waals surface area contributed by atoms with Gasteiger partial charge >= 0.3 is 5.97 Å². The van der Waals surface area contributed by atoms with Crippen LogP contribution >= 0.6 is 11.6 Å². The van der Waals surface area contributed by atoms with Crippen LogP contribution < -0.4 is 10.2 Å². The van der Waals surface area contributed by atoms with Crippen molar-refractivity contribution in [3.63, 3.8) is 0 Å². The number of fused-ring (bicyclic) bond motifs is 1. The number of nitrogens with one attached hydrogen (secondary N) is 1. The second-order valence-electron chi connectivity index (χ2n) is 5.66. The molecular formula is C18H14ClFN2O4. The molecule has 2 aromatic rings. The molecule has 0 fully saturated rings. The zero-order chi connectivity index (χ0) is 18.8. The third-order valence-corrected chi connectivity index (χ3v) is 4.05. The predicted octanol–water partition coefficient (Wildman–Crippen LogP) is 3.01. The summed E-state index contributed by atoms with van der Waals surface area (Å²) in [6.45, 7) is 1.16. The van der Waals surface area contributed by atoms with E-state index in [1.807, 2.05) is 0 Å². The molecule has 0 unspecified atom stereocenters. The van der Waals surface area contributed by atoms with Gasteiger partial charge in [-0.3, -0.25) is 14.5 Å². The van der Waals surface area contributed by atoms with Crippen molar-refractivity contribution in [2.45, 2.75) is 13.0 Å². The van der Waals surface area contributed by atoms with E-state index in [0.717, 1.165) is 6.07 Å². The first-order valence-corrected chi connectivity index (χ1v) is 8.11. The van der Waals surface area contributed by atoms with Crippen LogP contribution in [0.3, 0.4) is 0 Å². The highest BCUT2D eigenvalue weighted by Gasteiger charge is 2.31. The molecule has 2 aromatic carbocycles. The highest BCUT2D eigenvalue weighted by molar-refractivity contribution is 6.30. The van der Waals surface area contributed by atoms with Crippen LogP contribution in [0.15, 0.2) is 42.5 Å². The summed E-state index contributed by atoms with van der Waals surface area (Å²) >= 11 is 5.65. The maximum absolute atomic E-state index is 13.8. The van der Waals surface area contributed by atoms with Gasteiger partial charge in [0.2, 0.25) is 5.91 Å². The van der Waals surface area contributed by atoms with Crippen LogP contribution in [-0.4, -0.2) is 30.4 Å². The Kier molecular flexibility index (Phi) is 4.90. The molecule has 0 aliphatic carbocycles. The summed E-state index contributed by atoms with van der Waals surface area (Å²) in [6, 6.07) is 10.3. The fourth-order valence-electron chi connectivity index (χ4n) is 2.58. The zero-order valence-electron chi connectivity index (χ0n) is 13.7. The topological polar surface area (TPSA) is 75.7 Å². The summed E-state index contributed by atoms with van der Waals surface area (Å²) in [5.74, 6) is -2.78. The molecule has 0 aromatic heterocycles. The van der Waals surface area contributed by atoms with Crippen molar-refractivity contribution < 1.29 is 23.5 Å². The molecule has 1 N–H and O–H groups in total. The Labute approximate surface area is 153 Å². The summed E-state index contributed by atoms with van der Waals surface area (Å²) < 4.78 is 18.9. The summed E-state index contributed by atoms with van der Waals surface area (Å²) in [5.41, 5.74) is 0.655. The van der Waals surface area contributed by atoms with Crippen molar-refractivity contribution in [2.24, 2.45) is 0 Å². The number of hydrogen-bond acceptors (Lipinski definition) is 4. The lowest BCUT2D eigenvalue weighted by atomic mass is 10.1. The minimum Gasteiger partial charge on any atom is -0.449 e. The van der Waals surface area contributed by atoms with Crippen LogP contribution in [0, 0.1) is 5.82 Å². The first-order chi connectivity index (χ1) is 12.4. The van der Waals surface area contributed by atoms with Gasteiger partial charge in [-0.2, -0.15) is 0 Å². The van der Waals surface area contributed by atoms with Gasteiger partial charge in [-0.15, -0.1) is 0 Å². The van der Waals surface area contributed by atoms with Crippen molar-refractivity contribution in [1.29, 1.82) is 0 Å². The largest absolute Gasteiger partial charge is 0.449 e. The average Bonchev–Trinajstić information content (AvgIpc) is 2.60. The molecule has 1 atom stereocenters. The second-order valence-corrected chi connectivity index (χ2v) is 6.10. The van der Waals surface area contributed by atoms with Crippen LogP contribution in [0.25, 0.3) is 0 Å². The molecule has 134 valence electrons. The average molecular weight is 377 g/mol. The number of nitrogens with zero attached hydrogens (tertiary/aromatic N) is 1. The molecule has 2 amide bonds. The van der Waals surface area contributed by atoms with Gasteiger partial charge in [-0.1, -0.05) is 23.7 Å². The number of benzene rings is 2. The maximum atomic E-state index is 13.8. The number of ether oxygens (including phenoxy) is 1. The number of para-hydroxylation sites is 2. The van der Waals surface area contributed by atoms with E-state index in [1.165, 1.54) is 24.0 Å². The summed E-state index contributed by atoms with van der Waals surface area (Å²) in [4.78, 5) is 37.8. The normalized spacial score (nSPS) is 14.3. The molecule has 1 heterocycles. The molecule has 0 saturated heterocycles. The van der Waals surface area contributed by atoms with Gasteiger partial charge in [0, 0.05) is 5.02 Å². The van der Waals surface area contributed by atoms with Gasteiger partial charge in [0.05, 0.1) is 16.9 Å². The smallest absolute Gasteiger partial charge is 0.341 e. The highest BCUT2D eigenvalue weighted by Crippen LogP contribution is 2.29. The number of amides is 2. The molecule has 1 aliphatic rings. The molecule has 0 spiro atoms. The molecule has 0 saturated carbocycles. The van der Waals surface area contributed by atoms with Gasteiger partial charge in [0.25, 0.3) is 5.91 Å². The van der Waals surface area contributed by atoms with Gasteiger partial charge in [0.15, 0.2) is 6.10 Å². The molecule has 6 nitrogen and oxygen atoms in total. The van der Waals surface area contributed by atoms with Gasteiger partial charge in [-0.25, -0.2) is 9.18 Å². The number of rotatable bonds is 3. The summed E-state index contributed by atoms with van der Waals surface area (Å²) in [7, 11) is 0. The fourth-order valence-corrected chi connectivity index (χ4v) is 2.74. The van der Waals surface area contributed by atoms with E-state index in [0.29, 0.717) is 11.4 Å². The molecule has 1 aliphatic heterocycles. The van der Waals surface area contributed by atoms with Crippen LogP contribution in [0.5, 0.6) is 0 Å². The monoisotopic (exact) mass is 376 g/mol. The van der Waals surface area contributed by atoms with E-state index >= 15 is 0 Å². The second kappa shape index (κ2) is 7.13. The lowest BCUT2D eigenvalue weighted by Crippen LogP contribution is -2.47. The summed E-state index contributed by atoms with van der Waals surface area (Å²) in [5, 5.41) is 2.80. The molecule has 0 radical (unpaired) electrons. The van der Waals surface area contributed by atoms with Crippen LogP contribution in [0.2, 0.25) is 5.02 Å². The van der Waals surface area contributed by atoms with E-state index in [-0.39, 0.29) is 23.0 Å². The number of hydrogen-bond donors (Lipinski definition) is 1. The Morgan fingerprint density at radius 2 is 2.00 bits per heavy atom. The molecule has 3 rings (SSSR count). The zero-order valence-corrected chi connectivity index (χ0v) is 14.4. The SMILES string of the molecule is C[C@H](OC(=O)c1ccc(Cl)cc1F)C(=O)N1CC(=O)Nc2ccccc21. The first kappa shape index (κ1) is 17.9. The number of esters is 1. The van der Waals surface area contributed by atoms with Crippen molar-refractivity contribution in [1.82, 2.24) is 0 Å². The number of halogens is 2. The third-order valence-electron chi connectivity index (χ3n) is 3.82. The number of carbonyl (C=O) groups is 3. The standard InChI is InChI=1S/C18H14ClFN2O4/c1-10(26-18(25)12-7-6-11(19)8-13(12)20)17(24)22-9-16(23)21-14-4-2-3-5-15(14)22/h2-8,10H,9H2,1H3,(H,21,23)/t10-/m0/s1. The Morgan fingerprint density at radius 3 is 2.73 bits per heavy atom. The fraction of sp³-hybridized carbons (Fsp3) is 0.167.